The quantitative estimate of drug-likeness (QED) is 0.858. The minimum Gasteiger partial charge on any atom is -0.320 e. The van der Waals surface area contributed by atoms with Crippen LogP contribution < -0.4 is 10.3 Å². The van der Waals surface area contributed by atoms with Crippen molar-refractivity contribution < 1.29 is 9.59 Å². The Bertz CT molecular complexity index is 738. The summed E-state index contributed by atoms with van der Waals surface area (Å²) in [5.74, 6) is -0.565. The van der Waals surface area contributed by atoms with Crippen molar-refractivity contribution in [1.29, 1.82) is 0 Å². The molecule has 1 N–H and O–H groups in total. The zero-order valence-electron chi connectivity index (χ0n) is 11.4. The largest absolute Gasteiger partial charge is 0.320 e. The predicted molar refractivity (Wildman–Crippen MR) is 81.2 cm³/mol. The second-order valence-corrected chi connectivity index (χ2v) is 4.61. The topological polar surface area (TPSA) is 61.8 Å². The third-order valence-electron chi connectivity index (χ3n) is 3.14. The van der Waals surface area contributed by atoms with Crippen molar-refractivity contribution in [2.45, 2.75) is 6.92 Å². The Labute approximate surface area is 121 Å². The second-order valence-electron chi connectivity index (χ2n) is 4.61. The van der Waals surface area contributed by atoms with E-state index < -0.39 is 0 Å². The molecule has 0 fully saturated rings. The maximum absolute atomic E-state index is 12.0. The van der Waals surface area contributed by atoms with Gasteiger partial charge in [-0.3, -0.25) is 9.59 Å². The zero-order chi connectivity index (χ0) is 14.8. The lowest BCUT2D eigenvalue weighted by molar-refractivity contribution is -0.116. The van der Waals surface area contributed by atoms with Crippen molar-refractivity contribution in [3.05, 3.63) is 60.2 Å². The van der Waals surface area contributed by atoms with Crippen molar-refractivity contribution in [3.8, 4) is 0 Å². The Morgan fingerprint density at radius 2 is 1.71 bits per heavy atom. The van der Waals surface area contributed by atoms with E-state index in [4.69, 9.17) is 0 Å². The monoisotopic (exact) mass is 279 g/mol. The van der Waals surface area contributed by atoms with Gasteiger partial charge in [-0.05, 0) is 18.2 Å². The maximum Gasteiger partial charge on any atom is 0.276 e. The van der Waals surface area contributed by atoms with E-state index in [1.54, 1.807) is 24.3 Å². The number of benzene rings is 2. The lowest BCUT2D eigenvalue weighted by Gasteiger charge is -2.15. The molecule has 0 unspecified atom stereocenters. The number of amides is 2. The van der Waals surface area contributed by atoms with Crippen molar-refractivity contribution in [3.63, 3.8) is 0 Å². The SMILES string of the molecule is CC(=O)N(/N=C1\C(=O)Nc2ccccc21)c1ccccc1. The first-order valence-corrected chi connectivity index (χ1v) is 6.52. The Morgan fingerprint density at radius 1 is 1.05 bits per heavy atom. The number of carbonyl (C=O) groups excluding carboxylic acids is 2. The van der Waals surface area contributed by atoms with Crippen LogP contribution in [0.2, 0.25) is 0 Å². The Balaban J connectivity index is 2.07. The third kappa shape index (κ3) is 2.41. The van der Waals surface area contributed by atoms with Crippen LogP contribution in [0, 0.1) is 0 Å². The van der Waals surface area contributed by atoms with Crippen LogP contribution in [0.3, 0.4) is 0 Å². The first-order valence-electron chi connectivity index (χ1n) is 6.52. The van der Waals surface area contributed by atoms with Crippen molar-refractivity contribution in [2.75, 3.05) is 10.3 Å². The molecule has 0 bridgehead atoms. The van der Waals surface area contributed by atoms with Crippen LogP contribution in [-0.4, -0.2) is 17.5 Å². The number of nitrogens with zero attached hydrogens (tertiary/aromatic N) is 2. The fourth-order valence-electron chi connectivity index (χ4n) is 2.18. The highest BCUT2D eigenvalue weighted by molar-refractivity contribution is 6.54. The normalized spacial score (nSPS) is 14.7. The lowest BCUT2D eigenvalue weighted by Crippen LogP contribution is -2.27. The van der Waals surface area contributed by atoms with Crippen LogP contribution in [-0.2, 0) is 9.59 Å². The molecule has 21 heavy (non-hydrogen) atoms. The molecule has 0 aliphatic carbocycles. The van der Waals surface area contributed by atoms with Crippen LogP contribution >= 0.6 is 0 Å². The van der Waals surface area contributed by atoms with Crippen molar-refractivity contribution in [1.82, 2.24) is 0 Å². The number of carbonyl (C=O) groups is 2. The fraction of sp³-hybridized carbons (Fsp3) is 0.0625. The molecule has 0 saturated carbocycles. The van der Waals surface area contributed by atoms with Crippen molar-refractivity contribution >= 4 is 28.9 Å². The first kappa shape index (κ1) is 13.1. The summed E-state index contributed by atoms with van der Waals surface area (Å²) in [5.41, 5.74) is 2.27. The number of nitrogens with one attached hydrogen (secondary N) is 1. The number of fused-ring (bicyclic) bond motifs is 1. The number of rotatable bonds is 2. The molecule has 1 heterocycles. The van der Waals surface area contributed by atoms with Gasteiger partial charge < -0.3 is 5.32 Å². The second kappa shape index (κ2) is 5.20. The Morgan fingerprint density at radius 3 is 2.43 bits per heavy atom. The number of anilines is 2. The molecule has 3 rings (SSSR count). The average molecular weight is 279 g/mol. The highest BCUT2D eigenvalue weighted by atomic mass is 16.2. The molecule has 5 heteroatoms. The number of hydrogen-bond donors (Lipinski definition) is 1. The Hall–Kier alpha value is -2.95. The standard InChI is InChI=1S/C16H13N3O2/c1-11(20)19(12-7-3-2-4-8-12)18-15-13-9-5-6-10-14(13)17-16(15)21/h2-10H,1H3,(H,17,18,21). The molecule has 5 nitrogen and oxygen atoms in total. The van der Waals surface area contributed by atoms with E-state index in [9.17, 15) is 9.59 Å². The van der Waals surface area contributed by atoms with Gasteiger partial charge in [-0.2, -0.15) is 5.10 Å². The first-order chi connectivity index (χ1) is 10.2. The van der Waals surface area contributed by atoms with Gasteiger partial charge in [-0.15, -0.1) is 0 Å². The van der Waals surface area contributed by atoms with Gasteiger partial charge in [0.2, 0.25) is 5.91 Å². The summed E-state index contributed by atoms with van der Waals surface area (Å²) in [5, 5.41) is 8.22. The van der Waals surface area contributed by atoms with Gasteiger partial charge in [0, 0.05) is 12.5 Å². The van der Waals surface area contributed by atoms with Gasteiger partial charge in [-0.1, -0.05) is 36.4 Å². The molecule has 2 aromatic rings. The lowest BCUT2D eigenvalue weighted by atomic mass is 10.1. The van der Waals surface area contributed by atoms with Gasteiger partial charge in [0.25, 0.3) is 5.91 Å². The van der Waals surface area contributed by atoms with Crippen LogP contribution in [0.4, 0.5) is 11.4 Å². The fourth-order valence-corrected chi connectivity index (χ4v) is 2.18. The summed E-state index contributed by atoms with van der Waals surface area (Å²) < 4.78 is 0. The molecular weight excluding hydrogens is 266 g/mol. The van der Waals surface area contributed by atoms with E-state index in [-0.39, 0.29) is 17.5 Å². The molecule has 1 aliphatic heterocycles. The molecule has 104 valence electrons. The highest BCUT2D eigenvalue weighted by Crippen LogP contribution is 2.24. The van der Waals surface area contributed by atoms with Crippen LogP contribution in [0.1, 0.15) is 12.5 Å². The Kier molecular flexibility index (Phi) is 3.23. The molecule has 0 spiro atoms. The summed E-state index contributed by atoms with van der Waals surface area (Å²) in [7, 11) is 0. The van der Waals surface area contributed by atoms with Gasteiger partial charge >= 0.3 is 0 Å². The van der Waals surface area contributed by atoms with E-state index >= 15 is 0 Å². The number of hydrogen-bond acceptors (Lipinski definition) is 3. The van der Waals surface area contributed by atoms with Crippen molar-refractivity contribution in [2.24, 2.45) is 5.10 Å². The van der Waals surface area contributed by atoms with E-state index in [1.807, 2.05) is 30.3 Å². The number of para-hydroxylation sites is 2. The molecule has 1 aliphatic rings. The van der Waals surface area contributed by atoms with Gasteiger partial charge in [0.15, 0.2) is 5.71 Å². The molecular formula is C16H13N3O2. The summed E-state index contributed by atoms with van der Waals surface area (Å²) in [6.07, 6.45) is 0. The van der Waals surface area contributed by atoms with Crippen LogP contribution in [0.25, 0.3) is 0 Å². The molecule has 0 radical (unpaired) electrons. The molecule has 2 aromatic carbocycles. The minimum absolute atomic E-state index is 0.240. The minimum atomic E-state index is -0.307. The third-order valence-corrected chi connectivity index (χ3v) is 3.14. The van der Waals surface area contributed by atoms with Gasteiger partial charge in [0.05, 0.1) is 11.4 Å². The summed E-state index contributed by atoms with van der Waals surface area (Å²) in [6.45, 7) is 1.41. The zero-order valence-corrected chi connectivity index (χ0v) is 11.4. The van der Waals surface area contributed by atoms with E-state index in [0.29, 0.717) is 16.9 Å². The average Bonchev–Trinajstić information content (AvgIpc) is 2.81. The smallest absolute Gasteiger partial charge is 0.276 e. The van der Waals surface area contributed by atoms with Gasteiger partial charge in [0.1, 0.15) is 0 Å². The van der Waals surface area contributed by atoms with Crippen LogP contribution in [0.15, 0.2) is 59.7 Å². The summed E-state index contributed by atoms with van der Waals surface area (Å²) >= 11 is 0. The van der Waals surface area contributed by atoms with Gasteiger partial charge in [-0.25, -0.2) is 5.01 Å². The molecule has 0 saturated heterocycles. The van der Waals surface area contributed by atoms with E-state index in [1.165, 1.54) is 11.9 Å². The number of hydrazone groups is 1. The predicted octanol–water partition coefficient (Wildman–Crippen LogP) is 2.40. The summed E-state index contributed by atoms with van der Waals surface area (Å²) in [6, 6.07) is 16.3. The molecule has 2 amide bonds. The van der Waals surface area contributed by atoms with Crippen LogP contribution in [0.5, 0.6) is 0 Å². The summed E-state index contributed by atoms with van der Waals surface area (Å²) in [4.78, 5) is 23.9. The van der Waals surface area contributed by atoms with E-state index in [0.717, 1.165) is 0 Å². The maximum atomic E-state index is 12.0. The highest BCUT2D eigenvalue weighted by Gasteiger charge is 2.27. The van der Waals surface area contributed by atoms with E-state index in [2.05, 4.69) is 10.4 Å². The molecule has 0 atom stereocenters. The molecule has 0 aromatic heterocycles.